The van der Waals surface area contributed by atoms with Gasteiger partial charge in [-0.25, -0.2) is 0 Å². The Kier molecular flexibility index (Phi) is 6.25. The van der Waals surface area contributed by atoms with Crippen LogP contribution in [0.15, 0.2) is 162 Å². The van der Waals surface area contributed by atoms with Crippen LogP contribution in [-0.2, 0) is 0 Å². The first-order valence-electron chi connectivity index (χ1n) is 17.2. The van der Waals surface area contributed by atoms with Gasteiger partial charge in [0.15, 0.2) is 0 Å². The first kappa shape index (κ1) is 27.9. The maximum Gasteiger partial charge on any atom is 0.137 e. The van der Waals surface area contributed by atoms with Crippen molar-refractivity contribution in [1.29, 1.82) is 0 Å². The number of allylic oxidation sites excluding steroid dienone is 1. The highest BCUT2D eigenvalue weighted by Crippen LogP contribution is 2.42. The predicted octanol–water partition coefficient (Wildman–Crippen LogP) is 13.7. The van der Waals surface area contributed by atoms with Gasteiger partial charge in [-0.15, -0.1) is 0 Å². The maximum absolute atomic E-state index is 6.38. The average Bonchev–Trinajstić information content (AvgIpc) is 3.53. The molecule has 0 N–H and O–H groups in total. The molecule has 2 heteroatoms. The zero-order chi connectivity index (χ0) is 32.5. The Labute approximate surface area is 285 Å². The molecule has 9 aromatic rings. The second-order valence-corrected chi connectivity index (χ2v) is 13.4. The van der Waals surface area contributed by atoms with Crippen LogP contribution in [0.1, 0.15) is 30.4 Å². The number of fused-ring (bicyclic) bond motifs is 9. The molecule has 8 aromatic carbocycles. The van der Waals surface area contributed by atoms with E-state index in [-0.39, 0.29) is 0 Å². The van der Waals surface area contributed by atoms with E-state index in [1.165, 1.54) is 54.6 Å². The number of nitrogens with zero attached hydrogens (tertiary/aromatic N) is 1. The highest BCUT2D eigenvalue weighted by molar-refractivity contribution is 6.17. The molecule has 0 bridgehead atoms. The smallest absolute Gasteiger partial charge is 0.137 e. The van der Waals surface area contributed by atoms with Crippen LogP contribution >= 0.6 is 0 Å². The molecule has 1 aliphatic rings. The molecule has 0 amide bonds. The van der Waals surface area contributed by atoms with Crippen molar-refractivity contribution in [2.45, 2.75) is 19.3 Å². The molecule has 1 unspecified atom stereocenters. The fourth-order valence-corrected chi connectivity index (χ4v) is 8.09. The van der Waals surface area contributed by atoms with E-state index in [1.807, 2.05) is 12.1 Å². The Morgan fingerprint density at radius 1 is 0.510 bits per heavy atom. The minimum atomic E-state index is 0.495. The molecule has 0 saturated carbocycles. The van der Waals surface area contributed by atoms with Crippen LogP contribution in [0.5, 0.6) is 0 Å². The van der Waals surface area contributed by atoms with Gasteiger partial charge in [-0.05, 0) is 109 Å². The Balaban J connectivity index is 1.13. The fraction of sp³-hybridized carbons (Fsp3) is 0.0638. The summed E-state index contributed by atoms with van der Waals surface area (Å²) in [5.41, 5.74) is 10.4. The zero-order valence-electron chi connectivity index (χ0n) is 27.2. The lowest BCUT2D eigenvalue weighted by molar-refractivity contribution is 0.669. The van der Waals surface area contributed by atoms with Crippen molar-refractivity contribution in [3.8, 4) is 11.1 Å². The van der Waals surface area contributed by atoms with Gasteiger partial charge in [0.1, 0.15) is 11.2 Å². The third-order valence-corrected chi connectivity index (χ3v) is 10.5. The summed E-state index contributed by atoms with van der Waals surface area (Å²) in [6, 6.07) is 55.2. The van der Waals surface area contributed by atoms with Gasteiger partial charge in [0.25, 0.3) is 0 Å². The number of benzene rings is 8. The average molecular weight is 628 g/mol. The first-order chi connectivity index (χ1) is 24.2. The van der Waals surface area contributed by atoms with E-state index in [0.717, 1.165) is 45.4 Å². The number of rotatable bonds is 4. The SMILES string of the molecule is CC1CC=Cc2cccc(-c3ccc(N(c4ccc5c(ccc6c7ccccc7ccc56)c4)c4ccc5c(c4)oc4ccccc45)cc3)c21. The van der Waals surface area contributed by atoms with Gasteiger partial charge in [-0.2, -0.15) is 0 Å². The Morgan fingerprint density at radius 2 is 1.16 bits per heavy atom. The normalized spacial score (nSPS) is 14.3. The monoisotopic (exact) mass is 627 g/mol. The Hall–Kier alpha value is -6.12. The molecular formula is C47H33NO. The van der Waals surface area contributed by atoms with Crippen molar-refractivity contribution in [2.24, 2.45) is 0 Å². The number of hydrogen-bond acceptors (Lipinski definition) is 2. The van der Waals surface area contributed by atoms with Crippen molar-refractivity contribution in [3.05, 3.63) is 169 Å². The van der Waals surface area contributed by atoms with Gasteiger partial charge in [0.2, 0.25) is 0 Å². The highest BCUT2D eigenvalue weighted by Gasteiger charge is 2.20. The summed E-state index contributed by atoms with van der Waals surface area (Å²) in [6.45, 7) is 2.33. The van der Waals surface area contributed by atoms with Crippen molar-refractivity contribution < 1.29 is 4.42 Å². The van der Waals surface area contributed by atoms with Crippen LogP contribution in [0.3, 0.4) is 0 Å². The van der Waals surface area contributed by atoms with E-state index in [9.17, 15) is 0 Å². The van der Waals surface area contributed by atoms with Gasteiger partial charge in [0, 0.05) is 33.9 Å². The molecule has 1 heterocycles. The molecule has 232 valence electrons. The number of anilines is 3. The summed E-state index contributed by atoms with van der Waals surface area (Å²) in [7, 11) is 0. The van der Waals surface area contributed by atoms with E-state index in [4.69, 9.17) is 4.42 Å². The minimum absolute atomic E-state index is 0.495. The third-order valence-electron chi connectivity index (χ3n) is 10.5. The summed E-state index contributed by atoms with van der Waals surface area (Å²) in [5, 5.41) is 9.85. The van der Waals surface area contributed by atoms with Crippen molar-refractivity contribution in [2.75, 3.05) is 4.90 Å². The fourth-order valence-electron chi connectivity index (χ4n) is 8.09. The molecular weight excluding hydrogens is 595 g/mol. The van der Waals surface area contributed by atoms with Crippen LogP contribution in [0.25, 0.3) is 71.5 Å². The molecule has 0 radical (unpaired) electrons. The number of hydrogen-bond donors (Lipinski definition) is 0. The molecule has 1 aromatic heterocycles. The quantitative estimate of drug-likeness (QED) is 0.181. The Bertz CT molecular complexity index is 2770. The summed E-state index contributed by atoms with van der Waals surface area (Å²) in [4.78, 5) is 2.35. The van der Waals surface area contributed by atoms with Crippen molar-refractivity contribution in [3.63, 3.8) is 0 Å². The lowest BCUT2D eigenvalue weighted by atomic mass is 9.83. The van der Waals surface area contributed by atoms with Gasteiger partial charge >= 0.3 is 0 Å². The van der Waals surface area contributed by atoms with E-state index >= 15 is 0 Å². The molecule has 1 aliphatic carbocycles. The molecule has 0 aliphatic heterocycles. The largest absolute Gasteiger partial charge is 0.456 e. The summed E-state index contributed by atoms with van der Waals surface area (Å²) >= 11 is 0. The standard InChI is InChI=1S/C47H33NO/c1-30-8-6-10-33-11-7-14-40(47(30)33)32-16-20-35(21-17-32)48(37-23-27-44-43-13-4-5-15-45(43)49-46(44)29-37)36-22-26-39-34(28-36)19-25-41-38-12-3-2-9-31(38)18-24-42(39)41/h2-7,9-30H,8H2,1H3. The summed E-state index contributed by atoms with van der Waals surface area (Å²) in [6.07, 6.45) is 5.65. The lowest BCUT2D eigenvalue weighted by Gasteiger charge is -2.27. The van der Waals surface area contributed by atoms with E-state index in [0.29, 0.717) is 5.92 Å². The summed E-state index contributed by atoms with van der Waals surface area (Å²) < 4.78 is 6.38. The molecule has 0 saturated heterocycles. The molecule has 0 fully saturated rings. The van der Waals surface area contributed by atoms with E-state index < -0.39 is 0 Å². The predicted molar refractivity (Wildman–Crippen MR) is 208 cm³/mol. The highest BCUT2D eigenvalue weighted by atomic mass is 16.3. The molecule has 49 heavy (non-hydrogen) atoms. The van der Waals surface area contributed by atoms with E-state index in [2.05, 4.69) is 164 Å². The molecule has 2 nitrogen and oxygen atoms in total. The van der Waals surface area contributed by atoms with Gasteiger partial charge in [-0.1, -0.05) is 122 Å². The second-order valence-electron chi connectivity index (χ2n) is 13.4. The number of furan rings is 1. The molecule has 1 atom stereocenters. The molecule has 10 rings (SSSR count). The lowest BCUT2D eigenvalue weighted by Crippen LogP contribution is -2.10. The minimum Gasteiger partial charge on any atom is -0.456 e. The van der Waals surface area contributed by atoms with Gasteiger partial charge in [0.05, 0.1) is 0 Å². The van der Waals surface area contributed by atoms with Gasteiger partial charge < -0.3 is 9.32 Å². The van der Waals surface area contributed by atoms with Crippen LogP contribution < -0.4 is 4.90 Å². The van der Waals surface area contributed by atoms with Crippen LogP contribution in [0, 0.1) is 0 Å². The Morgan fingerprint density at radius 3 is 2.02 bits per heavy atom. The maximum atomic E-state index is 6.38. The van der Waals surface area contributed by atoms with Crippen molar-refractivity contribution in [1.82, 2.24) is 0 Å². The van der Waals surface area contributed by atoms with Crippen LogP contribution in [-0.4, -0.2) is 0 Å². The topological polar surface area (TPSA) is 16.4 Å². The molecule has 0 spiro atoms. The zero-order valence-corrected chi connectivity index (χ0v) is 27.2. The first-order valence-corrected chi connectivity index (χ1v) is 17.2. The summed E-state index contributed by atoms with van der Waals surface area (Å²) in [5.74, 6) is 0.495. The van der Waals surface area contributed by atoms with Crippen LogP contribution in [0.2, 0.25) is 0 Å². The van der Waals surface area contributed by atoms with Crippen LogP contribution in [0.4, 0.5) is 17.1 Å². The second kappa shape index (κ2) is 11.0. The van der Waals surface area contributed by atoms with E-state index in [1.54, 1.807) is 0 Å². The van der Waals surface area contributed by atoms with Crippen molar-refractivity contribution >= 4 is 77.4 Å². The number of para-hydroxylation sites is 1. The van der Waals surface area contributed by atoms with Gasteiger partial charge in [-0.3, -0.25) is 0 Å². The third kappa shape index (κ3) is 4.48.